The molecule has 2 heterocycles. The maximum Gasteiger partial charge on any atom is 0.317 e. The van der Waals surface area contributed by atoms with E-state index in [2.05, 4.69) is 12.2 Å². The van der Waals surface area contributed by atoms with Gasteiger partial charge >= 0.3 is 6.03 Å². The molecule has 2 aliphatic rings. The Kier molecular flexibility index (Phi) is 6.02. The van der Waals surface area contributed by atoms with E-state index in [1.165, 1.54) is 6.42 Å². The number of hydrogen-bond acceptors (Lipinski definition) is 4. The number of urea groups is 1. The van der Waals surface area contributed by atoms with Gasteiger partial charge in [0.1, 0.15) is 13.2 Å². The number of nitrogens with one attached hydrogen (secondary N) is 1. The number of hydrogen-bond donors (Lipinski definition) is 1. The van der Waals surface area contributed by atoms with Crippen LogP contribution in [0, 0.1) is 0 Å². The van der Waals surface area contributed by atoms with Crippen molar-refractivity contribution in [3.8, 4) is 11.5 Å². The lowest BCUT2D eigenvalue weighted by Gasteiger charge is -2.29. The second-order valence-corrected chi connectivity index (χ2v) is 6.68. The normalized spacial score (nSPS) is 20.6. The van der Waals surface area contributed by atoms with E-state index in [1.54, 1.807) is 4.90 Å². The Hall–Kier alpha value is -1.95. The van der Waals surface area contributed by atoms with Crippen LogP contribution in [0.5, 0.6) is 11.5 Å². The van der Waals surface area contributed by atoms with Gasteiger partial charge in [-0.25, -0.2) is 4.79 Å². The van der Waals surface area contributed by atoms with Crippen LogP contribution in [0.3, 0.4) is 0 Å². The van der Waals surface area contributed by atoms with Crippen LogP contribution in [0.1, 0.15) is 44.2 Å². The summed E-state index contributed by atoms with van der Waals surface area (Å²) in [5.41, 5.74) is 1.03. The molecule has 0 saturated carbocycles. The van der Waals surface area contributed by atoms with Crippen LogP contribution in [-0.2, 0) is 4.74 Å². The summed E-state index contributed by atoms with van der Waals surface area (Å²) in [6, 6.07) is 5.74. The van der Waals surface area contributed by atoms with Gasteiger partial charge in [-0.15, -0.1) is 0 Å². The average Bonchev–Trinajstić information content (AvgIpc) is 2.66. The second-order valence-electron chi connectivity index (χ2n) is 6.68. The number of ether oxygens (including phenoxy) is 3. The standard InChI is InChI=1S/C19H28N2O4/c1-3-16(14-7-8-17-18(12-14)25-11-10-24-17)20-19(22)21(2)13-15-6-4-5-9-23-15/h7-8,12,15-16H,3-6,9-11,13H2,1-2H3,(H,20,22). The fourth-order valence-electron chi connectivity index (χ4n) is 3.30. The highest BCUT2D eigenvalue weighted by Crippen LogP contribution is 2.33. The molecule has 1 saturated heterocycles. The molecule has 6 nitrogen and oxygen atoms in total. The first kappa shape index (κ1) is 17.9. The third-order valence-corrected chi connectivity index (χ3v) is 4.77. The van der Waals surface area contributed by atoms with Crippen LogP contribution < -0.4 is 14.8 Å². The highest BCUT2D eigenvalue weighted by molar-refractivity contribution is 5.74. The van der Waals surface area contributed by atoms with E-state index in [4.69, 9.17) is 14.2 Å². The predicted octanol–water partition coefficient (Wildman–Crippen LogP) is 3.12. The monoisotopic (exact) mass is 348 g/mol. The summed E-state index contributed by atoms with van der Waals surface area (Å²) >= 11 is 0. The molecule has 3 rings (SSSR count). The van der Waals surface area contributed by atoms with Crippen LogP contribution in [0.4, 0.5) is 4.79 Å². The van der Waals surface area contributed by atoms with Crippen molar-refractivity contribution in [2.75, 3.05) is 33.4 Å². The lowest BCUT2D eigenvalue weighted by atomic mass is 10.0. The van der Waals surface area contributed by atoms with Crippen LogP contribution in [0.15, 0.2) is 18.2 Å². The van der Waals surface area contributed by atoms with E-state index in [0.717, 1.165) is 42.9 Å². The summed E-state index contributed by atoms with van der Waals surface area (Å²) < 4.78 is 16.9. The van der Waals surface area contributed by atoms with Crippen molar-refractivity contribution in [3.63, 3.8) is 0 Å². The van der Waals surface area contributed by atoms with Crippen molar-refractivity contribution in [1.82, 2.24) is 10.2 Å². The highest BCUT2D eigenvalue weighted by atomic mass is 16.6. The quantitative estimate of drug-likeness (QED) is 0.888. The van der Waals surface area contributed by atoms with E-state index < -0.39 is 0 Å². The molecule has 0 radical (unpaired) electrons. The molecule has 2 amide bonds. The summed E-state index contributed by atoms with van der Waals surface area (Å²) in [6.07, 6.45) is 4.28. The van der Waals surface area contributed by atoms with Gasteiger partial charge in [-0.3, -0.25) is 0 Å². The number of carbonyl (C=O) groups excluding carboxylic acids is 1. The zero-order valence-corrected chi connectivity index (χ0v) is 15.1. The van der Waals surface area contributed by atoms with Crippen molar-refractivity contribution >= 4 is 6.03 Å². The van der Waals surface area contributed by atoms with E-state index in [-0.39, 0.29) is 18.2 Å². The Morgan fingerprint density at radius 2 is 2.04 bits per heavy atom. The van der Waals surface area contributed by atoms with E-state index in [9.17, 15) is 4.79 Å². The molecule has 2 aliphatic heterocycles. The number of nitrogens with zero attached hydrogens (tertiary/aromatic N) is 1. The number of amides is 2. The minimum Gasteiger partial charge on any atom is -0.486 e. The molecule has 25 heavy (non-hydrogen) atoms. The summed E-state index contributed by atoms with van der Waals surface area (Å²) in [7, 11) is 1.82. The molecule has 1 fully saturated rings. The zero-order valence-electron chi connectivity index (χ0n) is 15.1. The molecule has 138 valence electrons. The fourth-order valence-corrected chi connectivity index (χ4v) is 3.30. The van der Waals surface area contributed by atoms with E-state index >= 15 is 0 Å². The maximum atomic E-state index is 12.6. The number of likely N-dealkylation sites (N-methyl/N-ethyl adjacent to an activating group) is 1. The molecule has 1 aromatic carbocycles. The SMILES string of the molecule is CCC(NC(=O)N(C)CC1CCCCO1)c1ccc2c(c1)OCCO2. The van der Waals surface area contributed by atoms with E-state index in [1.807, 2.05) is 25.2 Å². The molecule has 6 heteroatoms. The summed E-state index contributed by atoms with van der Waals surface area (Å²) in [4.78, 5) is 14.3. The number of carbonyl (C=O) groups is 1. The van der Waals surface area contributed by atoms with Gasteiger partial charge in [-0.05, 0) is 43.4 Å². The lowest BCUT2D eigenvalue weighted by molar-refractivity contribution is 0.00370. The topological polar surface area (TPSA) is 60.0 Å². The molecule has 2 unspecified atom stereocenters. The fraction of sp³-hybridized carbons (Fsp3) is 0.632. The Balaban J connectivity index is 1.59. The highest BCUT2D eigenvalue weighted by Gasteiger charge is 2.22. The van der Waals surface area contributed by atoms with Gasteiger partial charge in [0.05, 0.1) is 12.1 Å². The molecule has 0 spiro atoms. The Labute approximate surface area is 149 Å². The van der Waals surface area contributed by atoms with Gasteiger partial charge in [0.2, 0.25) is 0 Å². The van der Waals surface area contributed by atoms with Gasteiger partial charge in [-0.2, -0.15) is 0 Å². The molecular formula is C19H28N2O4. The third-order valence-electron chi connectivity index (χ3n) is 4.77. The molecular weight excluding hydrogens is 320 g/mol. The van der Waals surface area contributed by atoms with Gasteiger partial charge in [-0.1, -0.05) is 13.0 Å². The smallest absolute Gasteiger partial charge is 0.317 e. The van der Waals surface area contributed by atoms with E-state index in [0.29, 0.717) is 19.8 Å². The molecule has 1 N–H and O–H groups in total. The van der Waals surface area contributed by atoms with Gasteiger partial charge in [0.15, 0.2) is 11.5 Å². The first-order chi connectivity index (χ1) is 12.2. The number of fused-ring (bicyclic) bond motifs is 1. The first-order valence-electron chi connectivity index (χ1n) is 9.20. The molecule has 0 bridgehead atoms. The van der Waals surface area contributed by atoms with Gasteiger partial charge in [0.25, 0.3) is 0 Å². The van der Waals surface area contributed by atoms with Crippen molar-refractivity contribution in [2.24, 2.45) is 0 Å². The molecule has 0 aliphatic carbocycles. The van der Waals surface area contributed by atoms with Crippen molar-refractivity contribution < 1.29 is 19.0 Å². The minimum absolute atomic E-state index is 0.0574. The molecule has 1 aromatic rings. The van der Waals surface area contributed by atoms with Crippen molar-refractivity contribution in [2.45, 2.75) is 44.8 Å². The summed E-state index contributed by atoms with van der Waals surface area (Å²) in [5, 5.41) is 3.11. The lowest BCUT2D eigenvalue weighted by Crippen LogP contribution is -2.43. The maximum absolute atomic E-state index is 12.6. The van der Waals surface area contributed by atoms with Gasteiger partial charge in [0, 0.05) is 20.2 Å². The van der Waals surface area contributed by atoms with Crippen LogP contribution in [-0.4, -0.2) is 50.4 Å². The first-order valence-corrected chi connectivity index (χ1v) is 9.20. The Bertz CT molecular complexity index is 587. The van der Waals surface area contributed by atoms with Crippen molar-refractivity contribution in [3.05, 3.63) is 23.8 Å². The molecule has 2 atom stereocenters. The minimum atomic E-state index is -0.0732. The predicted molar refractivity (Wildman–Crippen MR) is 95.2 cm³/mol. The van der Waals surface area contributed by atoms with Gasteiger partial charge < -0.3 is 24.4 Å². The second kappa shape index (κ2) is 8.43. The summed E-state index contributed by atoms with van der Waals surface area (Å²) in [5.74, 6) is 1.52. The van der Waals surface area contributed by atoms with Crippen molar-refractivity contribution in [1.29, 1.82) is 0 Å². The Morgan fingerprint density at radius 1 is 1.24 bits per heavy atom. The summed E-state index contributed by atoms with van der Waals surface area (Å²) in [6.45, 7) is 4.63. The average molecular weight is 348 g/mol. The molecule has 0 aromatic heterocycles. The largest absolute Gasteiger partial charge is 0.486 e. The van der Waals surface area contributed by atoms with Crippen LogP contribution in [0.2, 0.25) is 0 Å². The number of benzene rings is 1. The third kappa shape index (κ3) is 4.57. The van der Waals surface area contributed by atoms with Crippen LogP contribution >= 0.6 is 0 Å². The van der Waals surface area contributed by atoms with Crippen LogP contribution in [0.25, 0.3) is 0 Å². The Morgan fingerprint density at radius 3 is 2.76 bits per heavy atom. The zero-order chi connectivity index (χ0) is 17.6. The number of rotatable bonds is 5.